The van der Waals surface area contributed by atoms with Crippen LogP contribution >= 0.6 is 0 Å². The number of ether oxygens (including phenoxy) is 2. The molecule has 0 saturated carbocycles. The minimum atomic E-state index is -3.67. The smallest absolute Gasteiger partial charge is 0.272 e. The molecule has 33 heavy (non-hydrogen) atoms. The maximum Gasteiger partial charge on any atom is 0.272 e. The lowest BCUT2D eigenvalue weighted by Crippen LogP contribution is -2.30. The normalized spacial score (nSPS) is 11.4. The fourth-order valence-electron chi connectivity index (χ4n) is 3.36. The number of sulfonamides is 1. The monoisotopic (exact) mass is 471 g/mol. The minimum absolute atomic E-state index is 0.0813. The number of amides is 1. The van der Waals surface area contributed by atoms with Crippen molar-refractivity contribution in [1.82, 2.24) is 8.87 Å². The number of benzene rings is 2. The second-order valence-electron chi connectivity index (χ2n) is 7.22. The lowest BCUT2D eigenvalue weighted by atomic mass is 10.2. The molecule has 3 aromatic rings. The highest BCUT2D eigenvalue weighted by Gasteiger charge is 2.25. The molecule has 0 aliphatic carbocycles. The zero-order valence-corrected chi connectivity index (χ0v) is 20.1. The van der Waals surface area contributed by atoms with Gasteiger partial charge in [0.05, 0.1) is 12.3 Å². The Balaban J connectivity index is 1.81. The van der Waals surface area contributed by atoms with E-state index >= 15 is 0 Å². The first-order chi connectivity index (χ1) is 15.8. The van der Waals surface area contributed by atoms with Gasteiger partial charge in [-0.25, -0.2) is 8.42 Å². The molecule has 0 aliphatic heterocycles. The van der Waals surface area contributed by atoms with Crippen molar-refractivity contribution in [3.8, 4) is 17.2 Å². The van der Waals surface area contributed by atoms with E-state index in [9.17, 15) is 13.2 Å². The molecular formula is C24H29N3O5S. The molecular weight excluding hydrogens is 442 g/mol. The van der Waals surface area contributed by atoms with Gasteiger partial charge in [0.25, 0.3) is 5.91 Å². The molecule has 176 valence electrons. The quantitative estimate of drug-likeness (QED) is 0.470. The van der Waals surface area contributed by atoms with Crippen molar-refractivity contribution >= 4 is 21.6 Å². The van der Waals surface area contributed by atoms with Crippen molar-refractivity contribution < 1.29 is 22.7 Å². The summed E-state index contributed by atoms with van der Waals surface area (Å²) >= 11 is 0. The van der Waals surface area contributed by atoms with Gasteiger partial charge in [0.1, 0.15) is 22.1 Å². The van der Waals surface area contributed by atoms with Crippen LogP contribution < -0.4 is 14.8 Å². The van der Waals surface area contributed by atoms with Gasteiger partial charge < -0.3 is 19.4 Å². The number of carbonyl (C=O) groups excluding carboxylic acids is 1. The molecule has 8 nitrogen and oxygen atoms in total. The number of nitrogens with one attached hydrogen (secondary N) is 1. The topological polar surface area (TPSA) is 89.9 Å². The molecule has 1 N–H and O–H groups in total. The van der Waals surface area contributed by atoms with Crippen LogP contribution in [0.15, 0.2) is 65.7 Å². The van der Waals surface area contributed by atoms with Crippen molar-refractivity contribution in [3.05, 3.63) is 66.5 Å². The number of aryl methyl sites for hydroxylation is 1. The van der Waals surface area contributed by atoms with E-state index < -0.39 is 15.9 Å². The third kappa shape index (κ3) is 5.55. The van der Waals surface area contributed by atoms with Gasteiger partial charge in [-0.2, -0.15) is 4.31 Å². The van der Waals surface area contributed by atoms with Crippen molar-refractivity contribution in [1.29, 1.82) is 0 Å². The van der Waals surface area contributed by atoms with Crippen LogP contribution in [0.2, 0.25) is 0 Å². The van der Waals surface area contributed by atoms with Crippen molar-refractivity contribution in [2.75, 3.05) is 25.0 Å². The summed E-state index contributed by atoms with van der Waals surface area (Å²) in [5, 5.41) is 2.82. The number of rotatable bonds is 10. The molecule has 0 saturated heterocycles. The molecule has 1 amide bonds. The number of para-hydroxylation sites is 2. The van der Waals surface area contributed by atoms with Crippen molar-refractivity contribution in [2.24, 2.45) is 7.05 Å². The number of carbonyl (C=O) groups is 1. The molecule has 0 atom stereocenters. The van der Waals surface area contributed by atoms with Gasteiger partial charge >= 0.3 is 0 Å². The summed E-state index contributed by atoms with van der Waals surface area (Å²) < 4.78 is 39.9. The lowest BCUT2D eigenvalue weighted by Gasteiger charge is -2.17. The zero-order chi connectivity index (χ0) is 24.0. The van der Waals surface area contributed by atoms with E-state index in [2.05, 4.69) is 5.32 Å². The average molecular weight is 472 g/mol. The fourth-order valence-corrected chi connectivity index (χ4v) is 4.89. The summed E-state index contributed by atoms with van der Waals surface area (Å²) in [6.07, 6.45) is 1.45. The summed E-state index contributed by atoms with van der Waals surface area (Å²) in [6, 6.07) is 15.6. The standard InChI is InChI=1S/C24H29N3O5S/c1-5-27(6-2)33(29,30)20-16-22(26(4)17-20)24(28)25-21-10-8-9-11-23(21)32-19-14-12-18(13-15-19)31-7-3/h8-17H,5-7H2,1-4H3,(H,25,28). The maximum absolute atomic E-state index is 13.0. The van der Waals surface area contributed by atoms with Gasteiger partial charge in [-0.1, -0.05) is 26.0 Å². The zero-order valence-electron chi connectivity index (χ0n) is 19.2. The Morgan fingerprint density at radius 1 is 1.00 bits per heavy atom. The van der Waals surface area contributed by atoms with E-state index in [1.807, 2.05) is 19.1 Å². The second-order valence-corrected chi connectivity index (χ2v) is 9.16. The minimum Gasteiger partial charge on any atom is -0.494 e. The molecule has 3 rings (SSSR count). The SMILES string of the molecule is CCOc1ccc(Oc2ccccc2NC(=O)c2cc(S(=O)(=O)N(CC)CC)cn2C)cc1. The van der Waals surface area contributed by atoms with Crippen LogP contribution in [0.25, 0.3) is 0 Å². The number of hydrogen-bond donors (Lipinski definition) is 1. The lowest BCUT2D eigenvalue weighted by molar-refractivity contribution is 0.101. The van der Waals surface area contributed by atoms with E-state index in [-0.39, 0.29) is 10.6 Å². The molecule has 1 aromatic heterocycles. The highest BCUT2D eigenvalue weighted by molar-refractivity contribution is 7.89. The number of anilines is 1. The Kier molecular flexibility index (Phi) is 7.78. The van der Waals surface area contributed by atoms with Crippen LogP contribution in [-0.4, -0.2) is 42.9 Å². The fraction of sp³-hybridized carbons (Fsp3) is 0.292. The Hall–Kier alpha value is -3.30. The molecule has 1 heterocycles. The Morgan fingerprint density at radius 2 is 1.64 bits per heavy atom. The van der Waals surface area contributed by atoms with Gasteiger partial charge in [0.2, 0.25) is 10.0 Å². The average Bonchev–Trinajstić information content (AvgIpc) is 3.20. The van der Waals surface area contributed by atoms with E-state index in [1.54, 1.807) is 57.3 Å². The predicted molar refractivity (Wildman–Crippen MR) is 128 cm³/mol. The van der Waals surface area contributed by atoms with Crippen LogP contribution in [-0.2, 0) is 17.1 Å². The highest BCUT2D eigenvalue weighted by atomic mass is 32.2. The van der Waals surface area contributed by atoms with Gasteiger partial charge in [-0.15, -0.1) is 0 Å². The first-order valence-electron chi connectivity index (χ1n) is 10.8. The predicted octanol–water partition coefficient (Wildman–Crippen LogP) is 4.50. The summed E-state index contributed by atoms with van der Waals surface area (Å²) in [6.45, 7) is 6.75. The van der Waals surface area contributed by atoms with E-state index in [1.165, 1.54) is 21.1 Å². The van der Waals surface area contributed by atoms with Crippen molar-refractivity contribution in [2.45, 2.75) is 25.7 Å². The van der Waals surface area contributed by atoms with Crippen LogP contribution in [0, 0.1) is 0 Å². The number of hydrogen-bond acceptors (Lipinski definition) is 5. The summed E-state index contributed by atoms with van der Waals surface area (Å²) in [5.41, 5.74) is 0.683. The Morgan fingerprint density at radius 3 is 2.27 bits per heavy atom. The molecule has 9 heteroatoms. The Bertz CT molecular complexity index is 1200. The van der Waals surface area contributed by atoms with Gasteiger partial charge in [0.15, 0.2) is 5.75 Å². The molecule has 0 aliphatic rings. The molecule has 0 spiro atoms. The molecule has 0 unspecified atom stereocenters. The molecule has 0 radical (unpaired) electrons. The second kappa shape index (κ2) is 10.5. The van der Waals surface area contributed by atoms with Gasteiger partial charge in [0, 0.05) is 26.3 Å². The summed E-state index contributed by atoms with van der Waals surface area (Å²) in [4.78, 5) is 13.1. The number of nitrogens with zero attached hydrogens (tertiary/aromatic N) is 2. The van der Waals surface area contributed by atoms with Crippen LogP contribution in [0.5, 0.6) is 17.2 Å². The first-order valence-corrected chi connectivity index (χ1v) is 12.2. The first kappa shape index (κ1) is 24.3. The summed E-state index contributed by atoms with van der Waals surface area (Å²) in [5.74, 6) is 1.35. The van der Waals surface area contributed by atoms with E-state index in [0.29, 0.717) is 36.9 Å². The Labute approximate surface area is 194 Å². The van der Waals surface area contributed by atoms with E-state index in [4.69, 9.17) is 9.47 Å². The molecule has 0 fully saturated rings. The summed E-state index contributed by atoms with van der Waals surface area (Å²) in [7, 11) is -2.03. The highest BCUT2D eigenvalue weighted by Crippen LogP contribution is 2.31. The largest absolute Gasteiger partial charge is 0.494 e. The van der Waals surface area contributed by atoms with Gasteiger partial charge in [-0.3, -0.25) is 4.79 Å². The molecule has 0 bridgehead atoms. The van der Waals surface area contributed by atoms with E-state index in [0.717, 1.165) is 5.75 Å². The maximum atomic E-state index is 13.0. The third-order valence-electron chi connectivity index (χ3n) is 5.05. The van der Waals surface area contributed by atoms with Crippen LogP contribution in [0.4, 0.5) is 5.69 Å². The number of aromatic nitrogens is 1. The van der Waals surface area contributed by atoms with Crippen LogP contribution in [0.3, 0.4) is 0 Å². The molecule has 2 aromatic carbocycles. The van der Waals surface area contributed by atoms with Crippen molar-refractivity contribution in [3.63, 3.8) is 0 Å². The third-order valence-corrected chi connectivity index (χ3v) is 7.07. The van der Waals surface area contributed by atoms with Gasteiger partial charge in [-0.05, 0) is 49.4 Å². The van der Waals surface area contributed by atoms with Crippen LogP contribution in [0.1, 0.15) is 31.3 Å².